The third-order valence-corrected chi connectivity index (χ3v) is 6.36. The van der Waals surface area contributed by atoms with Crippen LogP contribution in [0.5, 0.6) is 0 Å². The van der Waals surface area contributed by atoms with Crippen molar-refractivity contribution in [3.8, 4) is 0 Å². The Kier molecular flexibility index (Phi) is 6.04. The molecule has 0 saturated carbocycles. The number of aromatic nitrogens is 5. The monoisotopic (exact) mass is 446 g/mol. The van der Waals surface area contributed by atoms with Crippen LogP contribution in [0.15, 0.2) is 37.2 Å². The minimum atomic E-state index is -1.66. The molecular weight excluding hydrogens is 423 g/mol. The molecule has 31 heavy (non-hydrogen) atoms. The molecule has 5 atom stereocenters. The second-order valence-corrected chi connectivity index (χ2v) is 8.59. The predicted molar refractivity (Wildman–Crippen MR) is 110 cm³/mol. The van der Waals surface area contributed by atoms with Crippen molar-refractivity contribution in [1.82, 2.24) is 24.5 Å². The normalized spacial score (nSPS) is 29.3. The molecule has 2 fully saturated rings. The van der Waals surface area contributed by atoms with Gasteiger partial charge in [-0.25, -0.2) is 19.8 Å². The van der Waals surface area contributed by atoms with Gasteiger partial charge < -0.3 is 19.5 Å². The van der Waals surface area contributed by atoms with E-state index in [0.717, 1.165) is 12.0 Å². The SMILES string of the molecule is CC1CC(COP2OOCCC(c3ccncc3)O2)OC1n1cnc2c(N)ncnc21. The molecule has 12 heteroatoms. The predicted octanol–water partition coefficient (Wildman–Crippen LogP) is 3.08. The molecule has 3 aromatic rings. The quantitative estimate of drug-likeness (QED) is 0.461. The number of nitrogens with two attached hydrogens (primary N) is 1. The van der Waals surface area contributed by atoms with Gasteiger partial charge in [-0.15, -0.1) is 0 Å². The number of pyridine rings is 1. The first kappa shape index (κ1) is 20.6. The number of hydrogen-bond acceptors (Lipinski definition) is 10. The first-order chi connectivity index (χ1) is 15.2. The summed E-state index contributed by atoms with van der Waals surface area (Å²) in [4.78, 5) is 21.9. The van der Waals surface area contributed by atoms with E-state index in [2.05, 4.69) is 26.9 Å². The van der Waals surface area contributed by atoms with Crippen LogP contribution >= 0.6 is 8.60 Å². The van der Waals surface area contributed by atoms with Crippen molar-refractivity contribution in [2.24, 2.45) is 5.92 Å². The maximum Gasteiger partial charge on any atom is 0.363 e. The molecule has 0 aromatic carbocycles. The Bertz CT molecular complexity index is 1020. The van der Waals surface area contributed by atoms with Crippen molar-refractivity contribution in [1.29, 1.82) is 0 Å². The Morgan fingerprint density at radius 1 is 1.26 bits per heavy atom. The third-order valence-electron chi connectivity index (χ3n) is 5.35. The summed E-state index contributed by atoms with van der Waals surface area (Å²) in [6, 6.07) is 3.84. The van der Waals surface area contributed by atoms with Crippen LogP contribution in [0, 0.1) is 5.92 Å². The number of hydrogen-bond donors (Lipinski definition) is 1. The lowest BCUT2D eigenvalue weighted by molar-refractivity contribution is -0.208. The van der Waals surface area contributed by atoms with E-state index in [0.29, 0.717) is 36.6 Å². The molecule has 11 nitrogen and oxygen atoms in total. The lowest BCUT2D eigenvalue weighted by Crippen LogP contribution is -2.16. The summed E-state index contributed by atoms with van der Waals surface area (Å²) in [7, 11) is -1.66. The van der Waals surface area contributed by atoms with Gasteiger partial charge in [0.15, 0.2) is 11.5 Å². The summed E-state index contributed by atoms with van der Waals surface area (Å²) >= 11 is 0. The summed E-state index contributed by atoms with van der Waals surface area (Å²) in [5.74, 6) is 0.579. The summed E-state index contributed by atoms with van der Waals surface area (Å²) < 4.78 is 25.4. The van der Waals surface area contributed by atoms with Crippen molar-refractivity contribution in [2.75, 3.05) is 18.9 Å². The second kappa shape index (κ2) is 9.07. The van der Waals surface area contributed by atoms with Gasteiger partial charge >= 0.3 is 8.60 Å². The van der Waals surface area contributed by atoms with E-state index >= 15 is 0 Å². The maximum atomic E-state index is 6.25. The van der Waals surface area contributed by atoms with Crippen LogP contribution in [0.1, 0.15) is 37.7 Å². The van der Waals surface area contributed by atoms with E-state index in [9.17, 15) is 0 Å². The Hall–Kier alpha value is -2.27. The van der Waals surface area contributed by atoms with Crippen LogP contribution in [0.2, 0.25) is 0 Å². The van der Waals surface area contributed by atoms with Crippen molar-refractivity contribution in [3.05, 3.63) is 42.7 Å². The number of anilines is 1. The van der Waals surface area contributed by atoms with E-state index in [4.69, 9.17) is 29.1 Å². The van der Waals surface area contributed by atoms with Gasteiger partial charge in [0.05, 0.1) is 31.7 Å². The van der Waals surface area contributed by atoms with Gasteiger partial charge in [0.1, 0.15) is 18.1 Å². The zero-order valence-electron chi connectivity index (χ0n) is 16.9. The van der Waals surface area contributed by atoms with Crippen LogP contribution in [0.4, 0.5) is 5.82 Å². The van der Waals surface area contributed by atoms with Gasteiger partial charge in [-0.3, -0.25) is 9.55 Å². The lowest BCUT2D eigenvalue weighted by atomic mass is 10.1. The molecule has 2 aliphatic heterocycles. The molecule has 2 saturated heterocycles. The summed E-state index contributed by atoms with van der Waals surface area (Å²) in [6.07, 6.45) is 7.54. The zero-order valence-corrected chi connectivity index (χ0v) is 17.8. The lowest BCUT2D eigenvalue weighted by Gasteiger charge is -2.20. The molecule has 0 radical (unpaired) electrons. The highest BCUT2D eigenvalue weighted by molar-refractivity contribution is 7.41. The van der Waals surface area contributed by atoms with E-state index in [1.165, 1.54) is 6.33 Å². The molecule has 164 valence electrons. The van der Waals surface area contributed by atoms with Gasteiger partial charge in [0.2, 0.25) is 0 Å². The average Bonchev–Trinajstić information content (AvgIpc) is 3.29. The van der Waals surface area contributed by atoms with Crippen LogP contribution in [-0.4, -0.2) is 43.8 Å². The minimum Gasteiger partial charge on any atom is -0.382 e. The molecule has 2 N–H and O–H groups in total. The van der Waals surface area contributed by atoms with Gasteiger partial charge in [0.25, 0.3) is 0 Å². The number of fused-ring (bicyclic) bond motifs is 1. The summed E-state index contributed by atoms with van der Waals surface area (Å²) in [5.41, 5.74) is 8.13. The topological polar surface area (TPSA) is 129 Å². The molecule has 5 heterocycles. The fraction of sp³-hybridized carbons (Fsp3) is 0.474. The van der Waals surface area contributed by atoms with E-state index in [1.54, 1.807) is 18.7 Å². The highest BCUT2D eigenvalue weighted by atomic mass is 31.2. The molecule has 5 unspecified atom stereocenters. The van der Waals surface area contributed by atoms with E-state index in [-0.39, 0.29) is 24.4 Å². The number of ether oxygens (including phenoxy) is 1. The molecular formula is C19H23N6O5P. The smallest absolute Gasteiger partial charge is 0.363 e. The van der Waals surface area contributed by atoms with Crippen molar-refractivity contribution in [3.63, 3.8) is 0 Å². The standard InChI is InChI=1S/C19H23N6O5P/c1-12-8-14(28-19(12)25-11-24-16-17(20)22-10-23-18(16)25)9-27-31-29-15(4-7-26-30-31)13-2-5-21-6-3-13/h2-3,5-6,10-12,14-15,19H,4,7-9H2,1H3,(H2,20,22,23). The maximum absolute atomic E-state index is 6.25. The number of rotatable bonds is 5. The summed E-state index contributed by atoms with van der Waals surface area (Å²) in [6.45, 7) is 2.86. The molecule has 0 amide bonds. The fourth-order valence-corrected chi connectivity index (χ4v) is 4.85. The Balaban J connectivity index is 1.21. The van der Waals surface area contributed by atoms with Crippen molar-refractivity contribution in [2.45, 2.75) is 38.2 Å². The number of nitrogens with zero attached hydrogens (tertiary/aromatic N) is 5. The first-order valence-electron chi connectivity index (χ1n) is 10.1. The summed E-state index contributed by atoms with van der Waals surface area (Å²) in [5, 5.41) is 0. The Morgan fingerprint density at radius 2 is 2.13 bits per heavy atom. The molecule has 3 aromatic heterocycles. The molecule has 2 aliphatic rings. The third kappa shape index (κ3) is 4.38. The van der Waals surface area contributed by atoms with Crippen molar-refractivity contribution < 1.29 is 23.3 Å². The van der Waals surface area contributed by atoms with Crippen LogP contribution in [-0.2, 0) is 23.3 Å². The molecule has 0 bridgehead atoms. The van der Waals surface area contributed by atoms with Gasteiger partial charge in [-0.1, -0.05) is 6.92 Å². The van der Waals surface area contributed by atoms with Crippen LogP contribution < -0.4 is 5.73 Å². The molecule has 5 rings (SSSR count). The van der Waals surface area contributed by atoms with Gasteiger partial charge in [0, 0.05) is 24.7 Å². The highest BCUT2D eigenvalue weighted by Crippen LogP contribution is 2.48. The largest absolute Gasteiger partial charge is 0.382 e. The van der Waals surface area contributed by atoms with E-state index in [1.807, 2.05) is 16.7 Å². The zero-order chi connectivity index (χ0) is 21.2. The van der Waals surface area contributed by atoms with Crippen LogP contribution in [0.25, 0.3) is 11.2 Å². The highest BCUT2D eigenvalue weighted by Gasteiger charge is 2.36. The Morgan fingerprint density at radius 3 is 3.00 bits per heavy atom. The first-order valence-corrected chi connectivity index (χ1v) is 11.2. The average molecular weight is 446 g/mol. The second-order valence-electron chi connectivity index (χ2n) is 7.52. The fourth-order valence-electron chi connectivity index (χ4n) is 3.83. The Labute approximate surface area is 179 Å². The van der Waals surface area contributed by atoms with Gasteiger partial charge in [-0.05, 0) is 24.1 Å². The van der Waals surface area contributed by atoms with Crippen LogP contribution in [0.3, 0.4) is 0 Å². The number of nitrogen functional groups attached to an aromatic ring is 1. The minimum absolute atomic E-state index is 0.131. The number of imidazole rings is 1. The molecule has 0 spiro atoms. The van der Waals surface area contributed by atoms with Crippen molar-refractivity contribution >= 4 is 25.6 Å². The van der Waals surface area contributed by atoms with Gasteiger partial charge in [-0.2, -0.15) is 4.67 Å². The molecule has 0 aliphatic carbocycles. The van der Waals surface area contributed by atoms with E-state index < -0.39 is 8.60 Å².